The Kier molecular flexibility index (Phi) is 5.14. The van der Waals surface area contributed by atoms with Crippen LogP contribution in [0.4, 0.5) is 5.95 Å². The minimum absolute atomic E-state index is 0.325. The van der Waals surface area contributed by atoms with Crippen LogP contribution in [-0.4, -0.2) is 48.1 Å². The van der Waals surface area contributed by atoms with Crippen LogP contribution >= 0.6 is 0 Å². The molecule has 24 heavy (non-hydrogen) atoms. The molecule has 0 atom stereocenters. The van der Waals surface area contributed by atoms with Gasteiger partial charge in [0.25, 0.3) is 0 Å². The molecule has 2 aliphatic rings. The Morgan fingerprint density at radius 2 is 1.71 bits per heavy atom. The van der Waals surface area contributed by atoms with E-state index in [1.807, 2.05) is 0 Å². The molecule has 0 amide bonds. The van der Waals surface area contributed by atoms with Crippen LogP contribution < -0.4 is 4.90 Å². The van der Waals surface area contributed by atoms with Gasteiger partial charge in [0, 0.05) is 25.5 Å². The number of likely N-dealkylation sites (tertiary alicyclic amines) is 1. The first-order chi connectivity index (χ1) is 11.3. The van der Waals surface area contributed by atoms with E-state index in [1.165, 1.54) is 31.5 Å². The van der Waals surface area contributed by atoms with Crippen molar-refractivity contribution in [3.63, 3.8) is 0 Å². The average Bonchev–Trinajstić information content (AvgIpc) is 2.47. The lowest BCUT2D eigenvalue weighted by Crippen LogP contribution is -2.49. The molecule has 0 bridgehead atoms. The molecule has 0 spiro atoms. The third kappa shape index (κ3) is 3.90. The Labute approximate surface area is 147 Å². The molecule has 134 valence electrons. The highest BCUT2D eigenvalue weighted by Crippen LogP contribution is 2.37. The van der Waals surface area contributed by atoms with E-state index in [9.17, 15) is 0 Å². The van der Waals surface area contributed by atoms with Gasteiger partial charge in [-0.05, 0) is 68.1 Å². The second-order valence-corrected chi connectivity index (χ2v) is 9.04. The summed E-state index contributed by atoms with van der Waals surface area (Å²) in [6, 6.07) is 0. The summed E-state index contributed by atoms with van der Waals surface area (Å²) >= 11 is 0. The van der Waals surface area contributed by atoms with E-state index in [1.54, 1.807) is 0 Å². The largest absolute Gasteiger partial charge is 0.340 e. The van der Waals surface area contributed by atoms with E-state index in [2.05, 4.69) is 66.9 Å². The van der Waals surface area contributed by atoms with Crippen LogP contribution in [0.1, 0.15) is 46.1 Å². The molecule has 4 heteroatoms. The minimum Gasteiger partial charge on any atom is -0.340 e. The highest BCUT2D eigenvalue weighted by molar-refractivity contribution is 5.34. The van der Waals surface area contributed by atoms with Gasteiger partial charge in [0.1, 0.15) is 0 Å². The molecule has 2 aliphatic heterocycles. The van der Waals surface area contributed by atoms with Crippen LogP contribution in [0, 0.1) is 23.2 Å². The van der Waals surface area contributed by atoms with E-state index in [0.717, 1.165) is 43.2 Å². The third-order valence-electron chi connectivity index (χ3n) is 6.31. The highest BCUT2D eigenvalue weighted by Gasteiger charge is 2.33. The normalized spacial score (nSPS) is 21.3. The molecule has 2 fully saturated rings. The molecular formula is C20H34N4. The fourth-order valence-electron chi connectivity index (χ4n) is 4.16. The van der Waals surface area contributed by atoms with Gasteiger partial charge >= 0.3 is 0 Å². The Bertz CT molecular complexity index is 523. The van der Waals surface area contributed by atoms with Crippen molar-refractivity contribution in [1.29, 1.82) is 0 Å². The molecular weight excluding hydrogens is 296 g/mol. The number of hydrogen-bond donors (Lipinski definition) is 0. The van der Waals surface area contributed by atoms with E-state index in [4.69, 9.17) is 0 Å². The van der Waals surface area contributed by atoms with Crippen LogP contribution in [-0.2, 0) is 6.42 Å². The summed E-state index contributed by atoms with van der Waals surface area (Å²) in [5.41, 5.74) is 1.61. The molecule has 0 unspecified atom stereocenters. The first-order valence-corrected chi connectivity index (χ1v) is 9.59. The summed E-state index contributed by atoms with van der Waals surface area (Å²) in [6.07, 6.45) is 7.82. The number of nitrogens with zero attached hydrogens (tertiary/aromatic N) is 4. The van der Waals surface area contributed by atoms with Gasteiger partial charge in [-0.3, -0.25) is 0 Å². The van der Waals surface area contributed by atoms with Gasteiger partial charge in [0.05, 0.1) is 0 Å². The van der Waals surface area contributed by atoms with Crippen molar-refractivity contribution in [2.24, 2.45) is 23.2 Å². The number of aromatic nitrogens is 2. The van der Waals surface area contributed by atoms with Crippen LogP contribution in [0.5, 0.6) is 0 Å². The SMILES string of the molecule is CC(C)C1CN(c2ncc(CC(C)(C)C3CCN(C)CC3)cn2)C1. The van der Waals surface area contributed by atoms with Crippen molar-refractivity contribution >= 4 is 5.95 Å². The van der Waals surface area contributed by atoms with Gasteiger partial charge in [-0.25, -0.2) is 9.97 Å². The molecule has 0 saturated carbocycles. The van der Waals surface area contributed by atoms with Crippen molar-refractivity contribution in [3.05, 3.63) is 18.0 Å². The second kappa shape index (κ2) is 6.99. The van der Waals surface area contributed by atoms with Gasteiger partial charge in [0.15, 0.2) is 0 Å². The Morgan fingerprint density at radius 1 is 1.12 bits per heavy atom. The Morgan fingerprint density at radius 3 is 2.25 bits per heavy atom. The van der Waals surface area contributed by atoms with Crippen molar-refractivity contribution in [1.82, 2.24) is 14.9 Å². The molecule has 2 saturated heterocycles. The van der Waals surface area contributed by atoms with Gasteiger partial charge < -0.3 is 9.80 Å². The maximum Gasteiger partial charge on any atom is 0.225 e. The average molecular weight is 331 g/mol. The molecule has 4 nitrogen and oxygen atoms in total. The van der Waals surface area contributed by atoms with E-state index in [0.29, 0.717) is 5.41 Å². The topological polar surface area (TPSA) is 32.3 Å². The molecule has 0 aromatic carbocycles. The van der Waals surface area contributed by atoms with Crippen LogP contribution in [0.3, 0.4) is 0 Å². The highest BCUT2D eigenvalue weighted by atomic mass is 15.3. The molecule has 0 N–H and O–H groups in total. The third-order valence-corrected chi connectivity index (χ3v) is 6.31. The van der Waals surface area contributed by atoms with Gasteiger partial charge in [-0.2, -0.15) is 0 Å². The Hall–Kier alpha value is -1.16. The minimum atomic E-state index is 0.325. The quantitative estimate of drug-likeness (QED) is 0.827. The predicted octanol–water partition coefficient (Wildman–Crippen LogP) is 3.48. The van der Waals surface area contributed by atoms with Crippen molar-refractivity contribution in [3.8, 4) is 0 Å². The molecule has 1 aromatic heterocycles. The van der Waals surface area contributed by atoms with Gasteiger partial charge in [0.2, 0.25) is 5.95 Å². The lowest BCUT2D eigenvalue weighted by molar-refractivity contribution is 0.114. The lowest BCUT2D eigenvalue weighted by atomic mass is 9.70. The zero-order chi connectivity index (χ0) is 17.3. The van der Waals surface area contributed by atoms with Crippen molar-refractivity contribution in [2.45, 2.75) is 47.0 Å². The van der Waals surface area contributed by atoms with Crippen molar-refractivity contribution < 1.29 is 0 Å². The molecule has 0 aliphatic carbocycles. The number of anilines is 1. The summed E-state index contributed by atoms with van der Waals surface area (Å²) < 4.78 is 0. The van der Waals surface area contributed by atoms with Crippen LogP contribution in [0.15, 0.2) is 12.4 Å². The molecule has 3 rings (SSSR count). The number of hydrogen-bond acceptors (Lipinski definition) is 4. The van der Waals surface area contributed by atoms with E-state index < -0.39 is 0 Å². The summed E-state index contributed by atoms with van der Waals surface area (Å²) in [4.78, 5) is 14.0. The van der Waals surface area contributed by atoms with Crippen LogP contribution in [0.25, 0.3) is 0 Å². The monoisotopic (exact) mass is 330 g/mol. The number of piperidine rings is 1. The molecule has 0 radical (unpaired) electrons. The first-order valence-electron chi connectivity index (χ1n) is 9.59. The first kappa shape index (κ1) is 17.7. The summed E-state index contributed by atoms with van der Waals surface area (Å²) in [5.74, 6) is 3.27. The Balaban J connectivity index is 1.56. The molecule has 1 aromatic rings. The summed E-state index contributed by atoms with van der Waals surface area (Å²) in [5, 5.41) is 0. The lowest BCUT2D eigenvalue weighted by Gasteiger charge is -2.41. The predicted molar refractivity (Wildman–Crippen MR) is 100 cm³/mol. The fourth-order valence-corrected chi connectivity index (χ4v) is 4.16. The van der Waals surface area contributed by atoms with Gasteiger partial charge in [-0.15, -0.1) is 0 Å². The molecule has 3 heterocycles. The number of rotatable bonds is 5. The summed E-state index contributed by atoms with van der Waals surface area (Å²) in [6.45, 7) is 14.1. The standard InChI is InChI=1S/C20H34N4/c1-15(2)17-13-24(14-17)19-21-11-16(12-22-19)10-20(3,4)18-6-8-23(5)9-7-18/h11-12,15,17-18H,6-10,13-14H2,1-5H3. The van der Waals surface area contributed by atoms with E-state index in [-0.39, 0.29) is 0 Å². The van der Waals surface area contributed by atoms with Gasteiger partial charge in [-0.1, -0.05) is 27.7 Å². The maximum absolute atomic E-state index is 4.64. The zero-order valence-corrected chi connectivity index (χ0v) is 16.1. The second-order valence-electron chi connectivity index (χ2n) is 9.04. The fraction of sp³-hybridized carbons (Fsp3) is 0.800. The van der Waals surface area contributed by atoms with Crippen molar-refractivity contribution in [2.75, 3.05) is 38.1 Å². The summed E-state index contributed by atoms with van der Waals surface area (Å²) in [7, 11) is 2.23. The van der Waals surface area contributed by atoms with E-state index >= 15 is 0 Å². The maximum atomic E-state index is 4.64. The van der Waals surface area contributed by atoms with Crippen LogP contribution in [0.2, 0.25) is 0 Å². The smallest absolute Gasteiger partial charge is 0.225 e. The zero-order valence-electron chi connectivity index (χ0n) is 16.1.